The molecule has 5 aromatic rings. The summed E-state index contributed by atoms with van der Waals surface area (Å²) in [5.74, 6) is 0.286. The lowest BCUT2D eigenvalue weighted by Gasteiger charge is -2.11. The van der Waals surface area contributed by atoms with Gasteiger partial charge in [0.05, 0.1) is 10.4 Å². The maximum Gasteiger partial charge on any atom is 0.271 e. The van der Waals surface area contributed by atoms with Gasteiger partial charge < -0.3 is 5.32 Å². The summed E-state index contributed by atoms with van der Waals surface area (Å²) in [4.78, 5) is 25.7. The van der Waals surface area contributed by atoms with Crippen molar-refractivity contribution >= 4 is 43.4 Å². The maximum atomic E-state index is 13.0. The van der Waals surface area contributed by atoms with Crippen molar-refractivity contribution in [3.05, 3.63) is 89.5 Å². The van der Waals surface area contributed by atoms with Crippen molar-refractivity contribution in [3.8, 4) is 0 Å². The van der Waals surface area contributed by atoms with Gasteiger partial charge in [0, 0.05) is 35.9 Å². The van der Waals surface area contributed by atoms with Gasteiger partial charge in [-0.2, -0.15) is 4.98 Å². The van der Waals surface area contributed by atoms with E-state index in [1.807, 2.05) is 30.3 Å². The summed E-state index contributed by atoms with van der Waals surface area (Å²) in [6.07, 6.45) is 3.23. The molecule has 0 aliphatic heterocycles. The molecule has 9 heteroatoms. The minimum absolute atomic E-state index is 0.0569. The second-order valence-corrected chi connectivity index (χ2v) is 9.12. The molecule has 0 amide bonds. The zero-order valence-electron chi connectivity index (χ0n) is 16.9. The third kappa shape index (κ3) is 3.38. The topological polar surface area (TPSA) is 107 Å². The van der Waals surface area contributed by atoms with E-state index in [0.717, 1.165) is 16.6 Å². The zero-order chi connectivity index (χ0) is 22.3. The predicted octanol–water partition coefficient (Wildman–Crippen LogP) is 3.45. The molecule has 8 nitrogen and oxygen atoms in total. The first kappa shape index (κ1) is 19.8. The summed E-state index contributed by atoms with van der Waals surface area (Å²) in [7, 11) is -2.48. The van der Waals surface area contributed by atoms with E-state index in [4.69, 9.17) is 0 Å². The molecule has 0 aliphatic rings. The Morgan fingerprint density at radius 1 is 0.906 bits per heavy atom. The van der Waals surface area contributed by atoms with Crippen molar-refractivity contribution in [2.24, 2.45) is 7.05 Å². The fourth-order valence-electron chi connectivity index (χ4n) is 3.48. The maximum absolute atomic E-state index is 13.0. The molecule has 0 radical (unpaired) electrons. The van der Waals surface area contributed by atoms with Crippen LogP contribution in [0.15, 0.2) is 93.7 Å². The number of benzene rings is 2. The van der Waals surface area contributed by atoms with Crippen LogP contribution >= 0.6 is 0 Å². The first-order chi connectivity index (χ1) is 15.4. The Balaban J connectivity index is 1.57. The third-order valence-corrected chi connectivity index (χ3v) is 6.88. The molecule has 0 bridgehead atoms. The SMILES string of the molecule is Cn1c(=O)c(S(=O)(=O)c2ccccc2)cc2cnc(Nc3ccc4ncccc4c3)nc21. The summed E-state index contributed by atoms with van der Waals surface area (Å²) in [6.45, 7) is 0. The number of nitrogens with one attached hydrogen (secondary N) is 1. The largest absolute Gasteiger partial charge is 0.324 e. The lowest BCUT2D eigenvalue weighted by molar-refractivity contribution is 0.593. The molecule has 3 heterocycles. The van der Waals surface area contributed by atoms with Gasteiger partial charge in [-0.25, -0.2) is 13.4 Å². The van der Waals surface area contributed by atoms with Gasteiger partial charge in [-0.15, -0.1) is 0 Å². The lowest BCUT2D eigenvalue weighted by Crippen LogP contribution is -2.25. The second kappa shape index (κ2) is 7.54. The van der Waals surface area contributed by atoms with Gasteiger partial charge in [-0.05, 0) is 42.5 Å². The average Bonchev–Trinajstić information content (AvgIpc) is 2.82. The van der Waals surface area contributed by atoms with E-state index in [1.54, 1.807) is 24.4 Å². The van der Waals surface area contributed by atoms with E-state index in [1.165, 1.54) is 36.0 Å². The summed E-state index contributed by atoms with van der Waals surface area (Å²) >= 11 is 0. The summed E-state index contributed by atoms with van der Waals surface area (Å²) in [6, 6.07) is 18.7. The number of nitrogens with zero attached hydrogens (tertiary/aromatic N) is 4. The Morgan fingerprint density at radius 2 is 1.72 bits per heavy atom. The smallest absolute Gasteiger partial charge is 0.271 e. The van der Waals surface area contributed by atoms with Gasteiger partial charge in [-0.3, -0.25) is 14.3 Å². The Labute approximate surface area is 183 Å². The van der Waals surface area contributed by atoms with Crippen LogP contribution in [0.5, 0.6) is 0 Å². The Hall–Kier alpha value is -4.11. The number of anilines is 2. The normalized spacial score (nSPS) is 11.7. The number of pyridine rings is 2. The molecule has 0 unspecified atom stereocenters. The fourth-order valence-corrected chi connectivity index (χ4v) is 4.90. The Kier molecular flexibility index (Phi) is 4.67. The van der Waals surface area contributed by atoms with Crippen LogP contribution in [0.3, 0.4) is 0 Å². The number of fused-ring (bicyclic) bond motifs is 2. The van der Waals surface area contributed by atoms with Crippen molar-refractivity contribution in [2.75, 3.05) is 5.32 Å². The lowest BCUT2D eigenvalue weighted by atomic mass is 10.2. The van der Waals surface area contributed by atoms with E-state index >= 15 is 0 Å². The highest BCUT2D eigenvalue weighted by Crippen LogP contribution is 2.23. The van der Waals surface area contributed by atoms with Crippen molar-refractivity contribution in [2.45, 2.75) is 9.79 Å². The molecule has 0 aliphatic carbocycles. The van der Waals surface area contributed by atoms with Gasteiger partial charge in [0.15, 0.2) is 0 Å². The van der Waals surface area contributed by atoms with Gasteiger partial charge >= 0.3 is 0 Å². The Bertz CT molecular complexity index is 1650. The van der Waals surface area contributed by atoms with Gasteiger partial charge in [0.2, 0.25) is 15.8 Å². The molecule has 158 valence electrons. The van der Waals surface area contributed by atoms with E-state index < -0.39 is 15.4 Å². The monoisotopic (exact) mass is 443 g/mol. The summed E-state index contributed by atoms with van der Waals surface area (Å²) < 4.78 is 27.2. The molecular weight excluding hydrogens is 426 g/mol. The molecule has 0 saturated carbocycles. The highest BCUT2D eigenvalue weighted by molar-refractivity contribution is 7.91. The van der Waals surface area contributed by atoms with E-state index in [9.17, 15) is 13.2 Å². The fraction of sp³-hybridized carbons (Fsp3) is 0.0435. The molecule has 0 spiro atoms. The van der Waals surface area contributed by atoms with E-state index in [0.29, 0.717) is 11.0 Å². The molecule has 2 aromatic carbocycles. The number of hydrogen-bond acceptors (Lipinski definition) is 7. The molecule has 0 saturated heterocycles. The minimum atomic E-state index is -3.97. The Morgan fingerprint density at radius 3 is 2.53 bits per heavy atom. The molecule has 5 rings (SSSR count). The van der Waals surface area contributed by atoms with E-state index in [-0.39, 0.29) is 15.7 Å². The summed E-state index contributed by atoms with van der Waals surface area (Å²) in [5, 5.41) is 4.52. The first-order valence-electron chi connectivity index (χ1n) is 9.72. The van der Waals surface area contributed by atoms with Crippen molar-refractivity contribution in [3.63, 3.8) is 0 Å². The number of aromatic nitrogens is 4. The minimum Gasteiger partial charge on any atom is -0.324 e. The van der Waals surface area contributed by atoms with Crippen LogP contribution in [0.2, 0.25) is 0 Å². The number of hydrogen-bond donors (Lipinski definition) is 1. The van der Waals surface area contributed by atoms with Crippen LogP contribution in [0.4, 0.5) is 11.6 Å². The number of aryl methyl sites for hydroxylation is 1. The highest BCUT2D eigenvalue weighted by atomic mass is 32.2. The number of rotatable bonds is 4. The molecule has 1 N–H and O–H groups in total. The van der Waals surface area contributed by atoms with Gasteiger partial charge in [0.25, 0.3) is 5.56 Å². The van der Waals surface area contributed by atoms with Crippen LogP contribution in [0.25, 0.3) is 21.9 Å². The highest BCUT2D eigenvalue weighted by Gasteiger charge is 2.23. The van der Waals surface area contributed by atoms with E-state index in [2.05, 4.69) is 20.3 Å². The molecule has 3 aromatic heterocycles. The zero-order valence-corrected chi connectivity index (χ0v) is 17.7. The van der Waals surface area contributed by atoms with Crippen molar-refractivity contribution in [1.82, 2.24) is 19.5 Å². The van der Waals surface area contributed by atoms with Crippen LogP contribution in [0.1, 0.15) is 0 Å². The van der Waals surface area contributed by atoms with Gasteiger partial charge in [-0.1, -0.05) is 24.3 Å². The van der Waals surface area contributed by atoms with Crippen LogP contribution < -0.4 is 10.9 Å². The average molecular weight is 443 g/mol. The van der Waals surface area contributed by atoms with Crippen LogP contribution in [-0.2, 0) is 16.9 Å². The first-order valence-corrected chi connectivity index (χ1v) is 11.2. The van der Waals surface area contributed by atoms with Crippen molar-refractivity contribution < 1.29 is 8.42 Å². The van der Waals surface area contributed by atoms with Crippen molar-refractivity contribution in [1.29, 1.82) is 0 Å². The molecule has 0 atom stereocenters. The number of sulfone groups is 1. The predicted molar refractivity (Wildman–Crippen MR) is 122 cm³/mol. The third-order valence-electron chi connectivity index (χ3n) is 5.12. The van der Waals surface area contributed by atoms with Crippen LogP contribution in [-0.4, -0.2) is 27.9 Å². The molecule has 32 heavy (non-hydrogen) atoms. The quantitative estimate of drug-likeness (QED) is 0.453. The van der Waals surface area contributed by atoms with Crippen LogP contribution in [0, 0.1) is 0 Å². The summed E-state index contributed by atoms with van der Waals surface area (Å²) in [5.41, 5.74) is 1.30. The molecule has 0 fully saturated rings. The standard InChI is InChI=1S/C23H17N5O3S/c1-28-21-16(13-20(22(28)29)32(30,31)18-7-3-2-4-8-18)14-25-23(27-21)26-17-9-10-19-15(12-17)6-5-11-24-19/h2-14H,1H3,(H,25,26,27). The molecular formula is C23H17N5O3S. The second-order valence-electron chi connectivity index (χ2n) is 7.20. The van der Waals surface area contributed by atoms with Gasteiger partial charge in [0.1, 0.15) is 10.5 Å².